The first kappa shape index (κ1) is 9.94. The van der Waals surface area contributed by atoms with Crippen molar-refractivity contribution in [3.05, 3.63) is 0 Å². The molecule has 1 N–H and O–H groups in total. The second-order valence-electron chi connectivity index (χ2n) is 0.806. The van der Waals surface area contributed by atoms with Crippen LogP contribution in [0, 0.1) is 0 Å². The van der Waals surface area contributed by atoms with E-state index in [0.717, 1.165) is 0 Å². The molecular formula is C4H11NOS. The molecule has 0 aromatic rings. The standard InChI is InChI=1S/C3H7NO.CH4S/c1-3(5)4-2;1-2/h1-2H3,(H,4,5);2H,1H3. The van der Waals surface area contributed by atoms with Gasteiger partial charge in [-0.05, 0) is 6.26 Å². The van der Waals surface area contributed by atoms with Gasteiger partial charge in [-0.3, -0.25) is 4.79 Å². The molecular weight excluding hydrogens is 110 g/mol. The van der Waals surface area contributed by atoms with Crippen molar-refractivity contribution in [2.45, 2.75) is 6.92 Å². The average molecular weight is 121 g/mol. The minimum atomic E-state index is 0.00463. The third-order valence-electron chi connectivity index (χ3n) is 0.352. The Balaban J connectivity index is 0. The van der Waals surface area contributed by atoms with Crippen LogP contribution in [-0.4, -0.2) is 19.2 Å². The zero-order valence-electron chi connectivity index (χ0n) is 4.86. The van der Waals surface area contributed by atoms with E-state index in [1.165, 1.54) is 6.92 Å². The smallest absolute Gasteiger partial charge is 0.216 e. The Morgan fingerprint density at radius 3 is 1.71 bits per heavy atom. The Labute approximate surface area is 49.7 Å². The number of amides is 1. The maximum absolute atomic E-state index is 9.70. The molecule has 7 heavy (non-hydrogen) atoms. The molecule has 0 atom stereocenters. The minimum absolute atomic E-state index is 0.00463. The summed E-state index contributed by atoms with van der Waals surface area (Å²) in [4.78, 5) is 9.70. The van der Waals surface area contributed by atoms with Crippen molar-refractivity contribution >= 4 is 18.5 Å². The largest absolute Gasteiger partial charge is 0.359 e. The molecule has 0 radical (unpaired) electrons. The number of hydrogen-bond acceptors (Lipinski definition) is 2. The van der Waals surface area contributed by atoms with Crippen LogP contribution < -0.4 is 5.32 Å². The van der Waals surface area contributed by atoms with Gasteiger partial charge in [0.1, 0.15) is 0 Å². The Morgan fingerprint density at radius 2 is 1.71 bits per heavy atom. The zero-order chi connectivity index (χ0) is 6.28. The van der Waals surface area contributed by atoms with Gasteiger partial charge in [-0.2, -0.15) is 12.6 Å². The van der Waals surface area contributed by atoms with Gasteiger partial charge in [0.2, 0.25) is 5.91 Å². The molecule has 0 fully saturated rings. The van der Waals surface area contributed by atoms with E-state index < -0.39 is 0 Å². The SMILES string of the molecule is CNC(C)=O.CS. The fourth-order valence-electron chi connectivity index (χ4n) is 0. The molecule has 0 bridgehead atoms. The number of rotatable bonds is 0. The molecule has 0 heterocycles. The quantitative estimate of drug-likeness (QED) is 0.443. The van der Waals surface area contributed by atoms with Gasteiger partial charge in [0.15, 0.2) is 0 Å². The van der Waals surface area contributed by atoms with Gasteiger partial charge in [-0.15, -0.1) is 0 Å². The van der Waals surface area contributed by atoms with Gasteiger partial charge in [-0.1, -0.05) is 0 Å². The molecule has 0 spiro atoms. The third-order valence-corrected chi connectivity index (χ3v) is 0.352. The van der Waals surface area contributed by atoms with Gasteiger partial charge in [-0.25, -0.2) is 0 Å². The second kappa shape index (κ2) is 9.27. The van der Waals surface area contributed by atoms with Crippen molar-refractivity contribution in [1.29, 1.82) is 0 Å². The van der Waals surface area contributed by atoms with Crippen LogP contribution >= 0.6 is 12.6 Å². The summed E-state index contributed by atoms with van der Waals surface area (Å²) in [6.07, 6.45) is 1.69. The van der Waals surface area contributed by atoms with E-state index in [2.05, 4.69) is 17.9 Å². The van der Waals surface area contributed by atoms with Crippen molar-refractivity contribution < 1.29 is 4.79 Å². The molecule has 0 aliphatic heterocycles. The minimum Gasteiger partial charge on any atom is -0.359 e. The first-order chi connectivity index (χ1) is 3.27. The number of hydrogen-bond donors (Lipinski definition) is 2. The second-order valence-corrected chi connectivity index (χ2v) is 0.806. The van der Waals surface area contributed by atoms with Crippen LogP contribution in [-0.2, 0) is 4.79 Å². The predicted octanol–water partition coefficient (Wildman–Crippen LogP) is 0.298. The number of nitrogens with one attached hydrogen (secondary N) is 1. The van der Waals surface area contributed by atoms with E-state index in [4.69, 9.17) is 0 Å². The lowest BCUT2D eigenvalue weighted by Crippen LogP contribution is -2.11. The van der Waals surface area contributed by atoms with Gasteiger partial charge < -0.3 is 5.32 Å². The van der Waals surface area contributed by atoms with Crippen molar-refractivity contribution in [2.24, 2.45) is 0 Å². The summed E-state index contributed by atoms with van der Waals surface area (Å²) in [6.45, 7) is 1.47. The Kier molecular flexibility index (Phi) is 13.2. The average Bonchev–Trinajstić information content (AvgIpc) is 1.73. The molecule has 0 rings (SSSR count). The lowest BCUT2D eigenvalue weighted by molar-refractivity contribution is -0.118. The summed E-state index contributed by atoms with van der Waals surface area (Å²) >= 11 is 3.53. The molecule has 44 valence electrons. The molecule has 0 saturated carbocycles. The highest BCUT2D eigenvalue weighted by atomic mass is 32.1. The van der Waals surface area contributed by atoms with E-state index >= 15 is 0 Å². The maximum Gasteiger partial charge on any atom is 0.216 e. The van der Waals surface area contributed by atoms with E-state index in [1.807, 2.05) is 0 Å². The van der Waals surface area contributed by atoms with Crippen LogP contribution in [0.25, 0.3) is 0 Å². The third kappa shape index (κ3) is 25.6. The van der Waals surface area contributed by atoms with Gasteiger partial charge >= 0.3 is 0 Å². The van der Waals surface area contributed by atoms with Crippen LogP contribution in [0.2, 0.25) is 0 Å². The molecule has 3 heteroatoms. The summed E-state index contributed by atoms with van der Waals surface area (Å²) in [6, 6.07) is 0. The van der Waals surface area contributed by atoms with Crippen molar-refractivity contribution in [1.82, 2.24) is 5.32 Å². The van der Waals surface area contributed by atoms with Gasteiger partial charge in [0.25, 0.3) is 0 Å². The molecule has 0 aromatic carbocycles. The highest BCUT2D eigenvalue weighted by Gasteiger charge is 1.72. The van der Waals surface area contributed by atoms with Crippen LogP contribution in [0.15, 0.2) is 0 Å². The van der Waals surface area contributed by atoms with E-state index in [9.17, 15) is 4.79 Å². The molecule has 0 aliphatic rings. The van der Waals surface area contributed by atoms with E-state index in [-0.39, 0.29) is 5.91 Å². The Hall–Kier alpha value is -0.180. The van der Waals surface area contributed by atoms with Crippen LogP contribution in [0.1, 0.15) is 6.92 Å². The van der Waals surface area contributed by atoms with Crippen LogP contribution in [0.4, 0.5) is 0 Å². The summed E-state index contributed by atoms with van der Waals surface area (Å²) in [5, 5.41) is 2.39. The van der Waals surface area contributed by atoms with Gasteiger partial charge in [0.05, 0.1) is 0 Å². The van der Waals surface area contributed by atoms with Crippen molar-refractivity contribution in [3.8, 4) is 0 Å². The summed E-state index contributed by atoms with van der Waals surface area (Å²) in [5.74, 6) is 0.00463. The first-order valence-electron chi connectivity index (χ1n) is 1.90. The Morgan fingerprint density at radius 1 is 1.57 bits per heavy atom. The van der Waals surface area contributed by atoms with Crippen LogP contribution in [0.5, 0.6) is 0 Å². The highest BCUT2D eigenvalue weighted by molar-refractivity contribution is 7.79. The monoisotopic (exact) mass is 121 g/mol. The lowest BCUT2D eigenvalue weighted by Gasteiger charge is -1.80. The predicted molar refractivity (Wildman–Crippen MR) is 34.7 cm³/mol. The van der Waals surface area contributed by atoms with E-state index in [0.29, 0.717) is 0 Å². The normalized spacial score (nSPS) is 5.71. The first-order valence-corrected chi connectivity index (χ1v) is 2.80. The number of thiol groups is 1. The molecule has 1 amide bonds. The molecule has 0 saturated heterocycles. The van der Waals surface area contributed by atoms with Gasteiger partial charge in [0, 0.05) is 14.0 Å². The molecule has 0 aromatic heterocycles. The molecule has 0 unspecified atom stereocenters. The van der Waals surface area contributed by atoms with Crippen molar-refractivity contribution in [3.63, 3.8) is 0 Å². The van der Waals surface area contributed by atoms with Crippen molar-refractivity contribution in [2.75, 3.05) is 13.3 Å². The fraction of sp³-hybridized carbons (Fsp3) is 0.750. The number of carbonyl (C=O) groups is 1. The summed E-state index contributed by atoms with van der Waals surface area (Å²) in [5.41, 5.74) is 0. The summed E-state index contributed by atoms with van der Waals surface area (Å²) < 4.78 is 0. The highest BCUT2D eigenvalue weighted by Crippen LogP contribution is 1.45. The zero-order valence-corrected chi connectivity index (χ0v) is 5.75. The number of carbonyl (C=O) groups excluding carboxylic acids is 1. The van der Waals surface area contributed by atoms with E-state index in [1.54, 1.807) is 13.3 Å². The summed E-state index contributed by atoms with van der Waals surface area (Å²) in [7, 11) is 1.60. The Bertz CT molecular complexity index is 47.0. The molecule has 0 aliphatic carbocycles. The maximum atomic E-state index is 9.70. The fourth-order valence-corrected chi connectivity index (χ4v) is 0. The molecule has 2 nitrogen and oxygen atoms in total. The topological polar surface area (TPSA) is 29.1 Å². The lowest BCUT2D eigenvalue weighted by atomic mass is 10.7. The van der Waals surface area contributed by atoms with Crippen LogP contribution in [0.3, 0.4) is 0 Å².